The number of sulfonamides is 1. The number of carbonyl (C=O) groups excluding carboxylic acids is 1. The van der Waals surface area contributed by atoms with Crippen molar-refractivity contribution < 1.29 is 17.9 Å². The number of hydrogen-bond donors (Lipinski definition) is 1. The standard InChI is InChI=1S/C16H26N2O4S/c1-13-7-5-8-15(11-13)18(23(4,20)21)10-6-9-16(19)17-14(2)12-22-3/h5,7-8,11,14H,6,9-10,12H2,1-4H3,(H,17,19)/t14-/m0/s1. The van der Waals surface area contributed by atoms with Crippen LogP contribution in [0.1, 0.15) is 25.3 Å². The highest BCUT2D eigenvalue weighted by Gasteiger charge is 2.17. The highest BCUT2D eigenvalue weighted by Crippen LogP contribution is 2.19. The summed E-state index contributed by atoms with van der Waals surface area (Å²) in [6.07, 6.45) is 1.90. The topological polar surface area (TPSA) is 75.7 Å². The van der Waals surface area contributed by atoms with Crippen molar-refractivity contribution in [3.63, 3.8) is 0 Å². The van der Waals surface area contributed by atoms with Crippen molar-refractivity contribution in [3.8, 4) is 0 Å². The van der Waals surface area contributed by atoms with E-state index in [0.29, 0.717) is 18.7 Å². The van der Waals surface area contributed by atoms with Crippen molar-refractivity contribution in [1.29, 1.82) is 0 Å². The zero-order valence-corrected chi connectivity index (χ0v) is 15.0. The van der Waals surface area contributed by atoms with Gasteiger partial charge < -0.3 is 10.1 Å². The molecule has 1 aromatic rings. The summed E-state index contributed by atoms with van der Waals surface area (Å²) < 4.78 is 30.3. The normalized spacial score (nSPS) is 12.7. The molecule has 7 heteroatoms. The molecule has 0 unspecified atom stereocenters. The van der Waals surface area contributed by atoms with Crippen molar-refractivity contribution in [3.05, 3.63) is 29.8 Å². The van der Waals surface area contributed by atoms with E-state index in [1.807, 2.05) is 32.0 Å². The molecule has 1 amide bonds. The molecule has 0 aromatic heterocycles. The smallest absolute Gasteiger partial charge is 0.232 e. The maximum absolute atomic E-state index is 12.0. The van der Waals surface area contributed by atoms with Crippen LogP contribution in [0, 0.1) is 6.92 Å². The summed E-state index contributed by atoms with van der Waals surface area (Å²) in [5.74, 6) is -0.104. The van der Waals surface area contributed by atoms with Gasteiger partial charge in [-0.25, -0.2) is 8.42 Å². The van der Waals surface area contributed by atoms with Crippen LogP contribution in [-0.4, -0.2) is 46.9 Å². The average Bonchev–Trinajstić information content (AvgIpc) is 2.42. The first kappa shape index (κ1) is 19.4. The summed E-state index contributed by atoms with van der Waals surface area (Å²) in [5.41, 5.74) is 1.61. The summed E-state index contributed by atoms with van der Waals surface area (Å²) >= 11 is 0. The number of amides is 1. The predicted octanol–water partition coefficient (Wildman–Crippen LogP) is 1.69. The van der Waals surface area contributed by atoms with Crippen LogP contribution in [0.2, 0.25) is 0 Å². The maximum Gasteiger partial charge on any atom is 0.232 e. The molecule has 1 atom stereocenters. The summed E-state index contributed by atoms with van der Waals surface area (Å²) in [5, 5.41) is 2.81. The quantitative estimate of drug-likeness (QED) is 0.741. The molecule has 0 radical (unpaired) electrons. The van der Waals surface area contributed by atoms with Crippen molar-refractivity contribution in [1.82, 2.24) is 5.32 Å². The van der Waals surface area contributed by atoms with E-state index < -0.39 is 10.0 Å². The SMILES string of the molecule is COC[C@H](C)NC(=O)CCCN(c1cccc(C)c1)S(C)(=O)=O. The van der Waals surface area contributed by atoms with E-state index in [4.69, 9.17) is 4.74 Å². The highest BCUT2D eigenvalue weighted by atomic mass is 32.2. The molecular weight excluding hydrogens is 316 g/mol. The van der Waals surface area contributed by atoms with Gasteiger partial charge in [-0.05, 0) is 38.0 Å². The van der Waals surface area contributed by atoms with Crippen LogP contribution in [0.25, 0.3) is 0 Å². The number of nitrogens with zero attached hydrogens (tertiary/aromatic N) is 1. The van der Waals surface area contributed by atoms with E-state index in [1.54, 1.807) is 13.2 Å². The number of anilines is 1. The third-order valence-electron chi connectivity index (χ3n) is 3.28. The van der Waals surface area contributed by atoms with Crippen molar-refractivity contribution in [2.75, 3.05) is 30.8 Å². The third kappa shape index (κ3) is 7.00. The second-order valence-corrected chi connectivity index (χ2v) is 7.61. The fourth-order valence-corrected chi connectivity index (χ4v) is 3.25. The Bertz CT molecular complexity index is 616. The van der Waals surface area contributed by atoms with E-state index in [1.165, 1.54) is 10.6 Å². The predicted molar refractivity (Wildman–Crippen MR) is 92.1 cm³/mol. The van der Waals surface area contributed by atoms with Gasteiger partial charge in [0.15, 0.2) is 0 Å². The van der Waals surface area contributed by atoms with Gasteiger partial charge in [0.1, 0.15) is 0 Å². The molecule has 0 saturated carbocycles. The Balaban J connectivity index is 2.62. The molecule has 0 bridgehead atoms. The monoisotopic (exact) mass is 342 g/mol. The largest absolute Gasteiger partial charge is 0.383 e. The molecule has 0 heterocycles. The van der Waals surface area contributed by atoms with Gasteiger partial charge >= 0.3 is 0 Å². The van der Waals surface area contributed by atoms with Crippen LogP contribution in [0.5, 0.6) is 0 Å². The summed E-state index contributed by atoms with van der Waals surface area (Å²) in [6, 6.07) is 7.25. The first-order chi connectivity index (χ1) is 10.7. The molecule has 0 aliphatic heterocycles. The fourth-order valence-electron chi connectivity index (χ4n) is 2.29. The lowest BCUT2D eigenvalue weighted by Crippen LogP contribution is -2.36. The van der Waals surface area contributed by atoms with Crippen molar-refractivity contribution in [2.45, 2.75) is 32.7 Å². The molecule has 1 N–H and O–H groups in total. The van der Waals surface area contributed by atoms with Crippen LogP contribution in [0.15, 0.2) is 24.3 Å². The van der Waals surface area contributed by atoms with E-state index >= 15 is 0 Å². The van der Waals surface area contributed by atoms with Gasteiger partial charge in [-0.2, -0.15) is 0 Å². The summed E-state index contributed by atoms with van der Waals surface area (Å²) in [4.78, 5) is 11.8. The number of ether oxygens (including phenoxy) is 1. The lowest BCUT2D eigenvalue weighted by atomic mass is 10.2. The fraction of sp³-hybridized carbons (Fsp3) is 0.562. The molecule has 1 rings (SSSR count). The molecule has 6 nitrogen and oxygen atoms in total. The van der Waals surface area contributed by atoms with Crippen molar-refractivity contribution in [2.24, 2.45) is 0 Å². The van der Waals surface area contributed by atoms with Crippen LogP contribution in [0.3, 0.4) is 0 Å². The summed E-state index contributed by atoms with van der Waals surface area (Å²) in [7, 11) is -1.80. The maximum atomic E-state index is 12.0. The number of nitrogens with one attached hydrogen (secondary N) is 1. The van der Waals surface area contributed by atoms with Gasteiger partial charge in [0, 0.05) is 26.1 Å². The van der Waals surface area contributed by atoms with Gasteiger partial charge in [-0.1, -0.05) is 12.1 Å². The minimum Gasteiger partial charge on any atom is -0.383 e. The van der Waals surface area contributed by atoms with Crippen LogP contribution in [0.4, 0.5) is 5.69 Å². The van der Waals surface area contributed by atoms with Gasteiger partial charge in [-0.15, -0.1) is 0 Å². The molecule has 0 spiro atoms. The Labute approximate surface area is 138 Å². The minimum atomic E-state index is -3.38. The van der Waals surface area contributed by atoms with Gasteiger partial charge in [0.2, 0.25) is 15.9 Å². The molecule has 0 aliphatic rings. The minimum absolute atomic E-state index is 0.0599. The van der Waals surface area contributed by atoms with Crippen LogP contribution < -0.4 is 9.62 Å². The number of aryl methyl sites for hydroxylation is 1. The molecule has 23 heavy (non-hydrogen) atoms. The Morgan fingerprint density at radius 3 is 2.65 bits per heavy atom. The van der Waals surface area contributed by atoms with Gasteiger partial charge in [0.05, 0.1) is 18.6 Å². The number of rotatable bonds is 9. The van der Waals surface area contributed by atoms with Crippen LogP contribution in [-0.2, 0) is 19.6 Å². The third-order valence-corrected chi connectivity index (χ3v) is 4.47. The molecule has 0 fully saturated rings. The zero-order chi connectivity index (χ0) is 17.5. The Morgan fingerprint density at radius 2 is 2.09 bits per heavy atom. The number of carbonyl (C=O) groups is 1. The van der Waals surface area contributed by atoms with E-state index in [0.717, 1.165) is 5.56 Å². The van der Waals surface area contributed by atoms with Gasteiger partial charge in [0.25, 0.3) is 0 Å². The Kier molecular flexibility index (Phi) is 7.51. The van der Waals surface area contributed by atoms with E-state index in [2.05, 4.69) is 5.32 Å². The van der Waals surface area contributed by atoms with Crippen molar-refractivity contribution >= 4 is 21.6 Å². The second kappa shape index (κ2) is 8.88. The van der Waals surface area contributed by atoms with Gasteiger partial charge in [-0.3, -0.25) is 9.10 Å². The zero-order valence-electron chi connectivity index (χ0n) is 14.2. The lowest BCUT2D eigenvalue weighted by Gasteiger charge is -2.23. The number of methoxy groups -OCH3 is 1. The highest BCUT2D eigenvalue weighted by molar-refractivity contribution is 7.92. The second-order valence-electron chi connectivity index (χ2n) is 5.70. The number of benzene rings is 1. The first-order valence-electron chi connectivity index (χ1n) is 7.56. The number of hydrogen-bond acceptors (Lipinski definition) is 4. The van der Waals surface area contributed by atoms with E-state index in [-0.39, 0.29) is 24.9 Å². The molecule has 0 saturated heterocycles. The molecular formula is C16H26N2O4S. The van der Waals surface area contributed by atoms with Crippen LogP contribution >= 0.6 is 0 Å². The lowest BCUT2D eigenvalue weighted by molar-refractivity contribution is -0.122. The first-order valence-corrected chi connectivity index (χ1v) is 9.41. The molecule has 130 valence electrons. The molecule has 1 aromatic carbocycles. The Morgan fingerprint density at radius 1 is 1.39 bits per heavy atom. The van der Waals surface area contributed by atoms with E-state index in [9.17, 15) is 13.2 Å². The average molecular weight is 342 g/mol. The summed E-state index contributed by atoms with van der Waals surface area (Å²) in [6.45, 7) is 4.49. The Hall–Kier alpha value is -1.60. The molecule has 0 aliphatic carbocycles.